The molecule has 2 amide bonds. The van der Waals surface area contributed by atoms with E-state index in [1.54, 1.807) is 11.0 Å². The lowest BCUT2D eigenvalue weighted by molar-refractivity contribution is -0.119. The molecule has 1 aromatic carbocycles. The fraction of sp³-hybridized carbons (Fsp3) is 0.263. The van der Waals surface area contributed by atoms with Crippen LogP contribution in [-0.4, -0.2) is 61.0 Å². The van der Waals surface area contributed by atoms with Gasteiger partial charge in [0.1, 0.15) is 17.8 Å². The van der Waals surface area contributed by atoms with Crippen molar-refractivity contribution in [3.8, 4) is 11.4 Å². The van der Waals surface area contributed by atoms with E-state index in [-0.39, 0.29) is 23.8 Å². The van der Waals surface area contributed by atoms with Crippen molar-refractivity contribution in [3.05, 3.63) is 60.4 Å². The van der Waals surface area contributed by atoms with Crippen LogP contribution in [0.15, 0.2) is 48.9 Å². The van der Waals surface area contributed by atoms with Crippen molar-refractivity contribution in [2.75, 3.05) is 13.1 Å². The predicted octanol–water partition coefficient (Wildman–Crippen LogP) is 1.01. The van der Waals surface area contributed by atoms with Gasteiger partial charge < -0.3 is 10.2 Å². The van der Waals surface area contributed by atoms with E-state index >= 15 is 0 Å². The highest BCUT2D eigenvalue weighted by atomic mass is 16.2. The van der Waals surface area contributed by atoms with Gasteiger partial charge in [0.2, 0.25) is 5.91 Å². The Balaban J connectivity index is 1.58. The zero-order chi connectivity index (χ0) is 19.5. The summed E-state index contributed by atoms with van der Waals surface area (Å²) in [6.45, 7) is 2.23. The third-order valence-corrected chi connectivity index (χ3v) is 4.68. The maximum absolute atomic E-state index is 12.8. The summed E-state index contributed by atoms with van der Waals surface area (Å²) in [7, 11) is 0. The molecule has 0 radical (unpaired) electrons. The molecule has 0 spiro atoms. The lowest BCUT2D eigenvalue weighted by Crippen LogP contribution is -2.39. The molecule has 9 nitrogen and oxygen atoms in total. The number of aromatic nitrogens is 5. The number of likely N-dealkylation sites (tertiary alicyclic amines) is 1. The van der Waals surface area contributed by atoms with Gasteiger partial charge in [-0.05, 0) is 6.07 Å². The Morgan fingerprint density at radius 1 is 1.18 bits per heavy atom. The highest BCUT2D eigenvalue weighted by molar-refractivity contribution is 5.92. The predicted molar refractivity (Wildman–Crippen MR) is 100 cm³/mol. The minimum absolute atomic E-state index is 0.158. The van der Waals surface area contributed by atoms with Crippen molar-refractivity contribution >= 4 is 11.8 Å². The second kappa shape index (κ2) is 7.55. The van der Waals surface area contributed by atoms with Gasteiger partial charge in [0.25, 0.3) is 5.91 Å². The third kappa shape index (κ3) is 3.59. The van der Waals surface area contributed by atoms with Crippen molar-refractivity contribution in [2.45, 2.75) is 18.9 Å². The van der Waals surface area contributed by atoms with Crippen molar-refractivity contribution < 1.29 is 9.59 Å². The summed E-state index contributed by atoms with van der Waals surface area (Å²) in [5.41, 5.74) is 1.22. The normalized spacial score (nSPS) is 18.8. The molecule has 2 N–H and O–H groups in total. The van der Waals surface area contributed by atoms with E-state index in [9.17, 15) is 9.59 Å². The van der Waals surface area contributed by atoms with Crippen LogP contribution in [0.4, 0.5) is 0 Å². The van der Waals surface area contributed by atoms with Crippen LogP contribution in [0.3, 0.4) is 0 Å². The van der Waals surface area contributed by atoms with E-state index in [2.05, 4.69) is 30.5 Å². The third-order valence-electron chi connectivity index (χ3n) is 4.68. The molecule has 3 aromatic rings. The van der Waals surface area contributed by atoms with Gasteiger partial charge >= 0.3 is 0 Å². The smallest absolute Gasteiger partial charge is 0.272 e. The zero-order valence-electron chi connectivity index (χ0n) is 15.2. The summed E-state index contributed by atoms with van der Waals surface area (Å²) in [4.78, 5) is 38.6. The van der Waals surface area contributed by atoms with Crippen LogP contribution in [0.5, 0.6) is 0 Å². The fourth-order valence-electron chi connectivity index (χ4n) is 3.39. The molecule has 142 valence electrons. The molecule has 1 fully saturated rings. The number of rotatable bonds is 4. The van der Waals surface area contributed by atoms with Crippen LogP contribution in [0, 0.1) is 0 Å². The Bertz CT molecular complexity index is 974. The first-order valence-electron chi connectivity index (χ1n) is 8.92. The summed E-state index contributed by atoms with van der Waals surface area (Å²) in [5.74, 6) is 0.658. The number of nitrogens with one attached hydrogen (secondary N) is 2. The number of H-pyrrole nitrogens is 1. The molecular weight excluding hydrogens is 358 g/mol. The lowest BCUT2D eigenvalue weighted by Gasteiger charge is -2.16. The van der Waals surface area contributed by atoms with Gasteiger partial charge in [0, 0.05) is 31.8 Å². The van der Waals surface area contributed by atoms with E-state index < -0.39 is 0 Å². The molecule has 3 heterocycles. The van der Waals surface area contributed by atoms with E-state index in [1.165, 1.54) is 19.4 Å². The highest BCUT2D eigenvalue weighted by Crippen LogP contribution is 2.27. The van der Waals surface area contributed by atoms with Crippen LogP contribution >= 0.6 is 0 Å². The molecule has 1 aliphatic heterocycles. The molecule has 0 saturated carbocycles. The number of hydrogen-bond acceptors (Lipinski definition) is 6. The lowest BCUT2D eigenvalue weighted by atomic mass is 10.0. The average Bonchev–Trinajstić information content (AvgIpc) is 3.35. The number of carbonyl (C=O) groups excluding carboxylic acids is 2. The highest BCUT2D eigenvalue weighted by Gasteiger charge is 2.39. The minimum atomic E-state index is -0.264. The molecule has 4 rings (SSSR count). The Labute approximate surface area is 161 Å². The van der Waals surface area contributed by atoms with Crippen molar-refractivity contribution in [1.29, 1.82) is 0 Å². The average molecular weight is 377 g/mol. The quantitative estimate of drug-likeness (QED) is 0.701. The number of nitrogens with zero attached hydrogens (tertiary/aromatic N) is 5. The molecule has 0 aliphatic carbocycles. The summed E-state index contributed by atoms with van der Waals surface area (Å²) in [6.07, 6.45) is 2.87. The van der Waals surface area contributed by atoms with Gasteiger partial charge in [-0.25, -0.2) is 15.0 Å². The number of hydrogen-bond donors (Lipinski definition) is 2. The molecule has 0 unspecified atom stereocenters. The maximum atomic E-state index is 12.8. The fourth-order valence-corrected chi connectivity index (χ4v) is 3.39. The van der Waals surface area contributed by atoms with Crippen molar-refractivity contribution in [3.63, 3.8) is 0 Å². The van der Waals surface area contributed by atoms with E-state index in [4.69, 9.17) is 0 Å². The first-order valence-corrected chi connectivity index (χ1v) is 8.92. The SMILES string of the molecule is CC(=O)N[C@@H]1CN(C(=O)c2ccncn2)C[C@H]1c1nc(-c2ccccc2)n[nH]1. The van der Waals surface area contributed by atoms with E-state index in [0.717, 1.165) is 5.56 Å². The number of aromatic amines is 1. The Morgan fingerprint density at radius 2 is 2.00 bits per heavy atom. The molecule has 0 bridgehead atoms. The monoisotopic (exact) mass is 377 g/mol. The van der Waals surface area contributed by atoms with Gasteiger partial charge in [-0.1, -0.05) is 30.3 Å². The maximum Gasteiger partial charge on any atom is 0.272 e. The summed E-state index contributed by atoms with van der Waals surface area (Å²) < 4.78 is 0. The topological polar surface area (TPSA) is 117 Å². The van der Waals surface area contributed by atoms with Crippen LogP contribution < -0.4 is 5.32 Å². The molecule has 28 heavy (non-hydrogen) atoms. The van der Waals surface area contributed by atoms with Crippen LogP contribution in [0.25, 0.3) is 11.4 Å². The van der Waals surface area contributed by atoms with E-state index in [0.29, 0.717) is 30.4 Å². The number of benzene rings is 1. The van der Waals surface area contributed by atoms with Gasteiger partial charge in [-0.15, -0.1) is 0 Å². The molecule has 2 atom stereocenters. The number of carbonyl (C=O) groups is 2. The molecule has 9 heteroatoms. The van der Waals surface area contributed by atoms with Crippen molar-refractivity contribution in [1.82, 2.24) is 35.4 Å². The Morgan fingerprint density at radius 3 is 2.71 bits per heavy atom. The van der Waals surface area contributed by atoms with Gasteiger partial charge in [0.05, 0.1) is 12.0 Å². The van der Waals surface area contributed by atoms with Crippen LogP contribution in [0.2, 0.25) is 0 Å². The Kier molecular flexibility index (Phi) is 4.79. The first kappa shape index (κ1) is 17.8. The minimum Gasteiger partial charge on any atom is -0.351 e. The molecule has 2 aromatic heterocycles. The molecule has 1 saturated heterocycles. The van der Waals surface area contributed by atoms with Crippen molar-refractivity contribution in [2.24, 2.45) is 0 Å². The largest absolute Gasteiger partial charge is 0.351 e. The van der Waals surface area contributed by atoms with Gasteiger partial charge in [-0.3, -0.25) is 14.7 Å². The van der Waals surface area contributed by atoms with Gasteiger partial charge in [0.15, 0.2) is 5.82 Å². The van der Waals surface area contributed by atoms with Crippen LogP contribution in [0.1, 0.15) is 29.2 Å². The number of amides is 2. The standard InChI is InChI=1S/C19H19N7O2/c1-12(27)22-16-10-26(19(28)15-7-8-20-11-21-15)9-14(16)18-23-17(24-25-18)13-5-3-2-4-6-13/h2-8,11,14,16H,9-10H2,1H3,(H,22,27)(H,23,24,25)/t14-,16-/m1/s1. The second-order valence-corrected chi connectivity index (χ2v) is 6.63. The first-order chi connectivity index (χ1) is 13.6. The zero-order valence-corrected chi connectivity index (χ0v) is 15.2. The Hall–Kier alpha value is -3.62. The summed E-state index contributed by atoms with van der Waals surface area (Å²) in [6, 6.07) is 10.9. The summed E-state index contributed by atoms with van der Waals surface area (Å²) >= 11 is 0. The summed E-state index contributed by atoms with van der Waals surface area (Å²) in [5, 5.41) is 10.2. The molecule has 1 aliphatic rings. The van der Waals surface area contributed by atoms with Gasteiger partial charge in [-0.2, -0.15) is 5.10 Å². The van der Waals surface area contributed by atoms with Crippen LogP contribution in [-0.2, 0) is 4.79 Å². The second-order valence-electron chi connectivity index (χ2n) is 6.63. The van der Waals surface area contributed by atoms with E-state index in [1.807, 2.05) is 30.3 Å². The molecular formula is C19H19N7O2.